The Bertz CT molecular complexity index is 559. The van der Waals surface area contributed by atoms with E-state index in [9.17, 15) is 13.2 Å². The second-order valence-corrected chi connectivity index (χ2v) is 7.46. The van der Waals surface area contributed by atoms with Gasteiger partial charge in [0.05, 0.1) is 5.75 Å². The predicted octanol–water partition coefficient (Wildman–Crippen LogP) is 1.90. The molecule has 1 aromatic rings. The Morgan fingerprint density at radius 3 is 2.32 bits per heavy atom. The van der Waals surface area contributed by atoms with Crippen molar-refractivity contribution in [2.45, 2.75) is 38.0 Å². The van der Waals surface area contributed by atoms with E-state index < -0.39 is 9.84 Å². The third-order valence-corrected chi connectivity index (χ3v) is 4.03. The first-order chi connectivity index (χ1) is 9.85. The van der Waals surface area contributed by atoms with Gasteiger partial charge in [0.15, 0.2) is 9.84 Å². The maximum absolute atomic E-state index is 12.1. The van der Waals surface area contributed by atoms with E-state index in [1.807, 2.05) is 0 Å². The summed E-state index contributed by atoms with van der Waals surface area (Å²) in [7, 11) is -3.06. The number of nitrogens with one attached hydrogen (secondary N) is 1. The summed E-state index contributed by atoms with van der Waals surface area (Å²) >= 11 is 0. The van der Waals surface area contributed by atoms with Gasteiger partial charge in [0.1, 0.15) is 0 Å². The number of carbonyl (C=O) groups excluding carboxylic acids is 1. The Kier molecular flexibility index (Phi) is 9.32. The largest absolute Gasteiger partial charge is 0.348 e. The molecule has 1 aromatic carbocycles. The minimum atomic E-state index is -3.06. The lowest BCUT2D eigenvalue weighted by Gasteiger charge is -2.16. The number of unbranched alkanes of at least 4 members (excludes halogenated alkanes) is 1. The van der Waals surface area contributed by atoms with Crippen LogP contribution in [0, 0.1) is 0 Å². The van der Waals surface area contributed by atoms with Gasteiger partial charge >= 0.3 is 0 Å². The highest BCUT2D eigenvalue weighted by atomic mass is 35.5. The van der Waals surface area contributed by atoms with Crippen molar-refractivity contribution in [1.29, 1.82) is 0 Å². The molecular weight excluding hydrogens is 324 g/mol. The molecule has 3 N–H and O–H groups in total. The zero-order valence-corrected chi connectivity index (χ0v) is 14.7. The van der Waals surface area contributed by atoms with Gasteiger partial charge in [-0.15, -0.1) is 12.4 Å². The fourth-order valence-corrected chi connectivity index (χ4v) is 2.82. The first kappa shape index (κ1) is 20.9. The second kappa shape index (κ2) is 9.82. The molecule has 0 bridgehead atoms. The third kappa shape index (κ3) is 7.77. The van der Waals surface area contributed by atoms with E-state index in [2.05, 4.69) is 12.2 Å². The zero-order chi connectivity index (χ0) is 15.9. The van der Waals surface area contributed by atoms with Crippen LogP contribution in [0.3, 0.4) is 0 Å². The van der Waals surface area contributed by atoms with Gasteiger partial charge in [-0.25, -0.2) is 8.42 Å². The molecule has 0 aliphatic heterocycles. The molecule has 22 heavy (non-hydrogen) atoms. The quantitative estimate of drug-likeness (QED) is 0.750. The summed E-state index contributed by atoms with van der Waals surface area (Å²) in [5.41, 5.74) is 6.84. The fraction of sp³-hybridized carbons (Fsp3) is 0.533. The predicted molar refractivity (Wildman–Crippen MR) is 92.1 cm³/mol. The lowest BCUT2D eigenvalue weighted by Crippen LogP contribution is -2.40. The van der Waals surface area contributed by atoms with Crippen molar-refractivity contribution < 1.29 is 13.2 Å². The normalized spacial score (nSPS) is 12.3. The number of carbonyl (C=O) groups is 1. The number of rotatable bonds is 8. The van der Waals surface area contributed by atoms with Crippen LogP contribution in [-0.4, -0.2) is 33.2 Å². The van der Waals surface area contributed by atoms with Gasteiger partial charge < -0.3 is 11.1 Å². The minimum absolute atomic E-state index is 0. The molecule has 126 valence electrons. The van der Waals surface area contributed by atoms with Gasteiger partial charge in [-0.05, 0) is 24.1 Å². The number of sulfone groups is 1. The number of benzene rings is 1. The maximum atomic E-state index is 12.1. The van der Waals surface area contributed by atoms with E-state index in [1.165, 1.54) is 6.26 Å². The topological polar surface area (TPSA) is 89.3 Å². The molecule has 5 nitrogen and oxygen atoms in total. The molecule has 0 aromatic heterocycles. The molecule has 7 heteroatoms. The van der Waals surface area contributed by atoms with Crippen LogP contribution < -0.4 is 11.1 Å². The summed E-state index contributed by atoms with van der Waals surface area (Å²) in [5, 5.41) is 2.90. The second-order valence-electron chi connectivity index (χ2n) is 5.32. The Balaban J connectivity index is 0.00000441. The van der Waals surface area contributed by atoms with E-state index in [-0.39, 0.29) is 30.1 Å². The maximum Gasteiger partial charge on any atom is 0.251 e. The SMILES string of the molecule is CCCCC(CN)NC(=O)c1ccc(CS(C)(=O)=O)cc1.Cl. The van der Waals surface area contributed by atoms with Crippen LogP contribution in [0.1, 0.15) is 42.1 Å². The standard InChI is InChI=1S/C15H24N2O3S.ClH/c1-3-4-5-14(10-16)17-15(18)13-8-6-12(7-9-13)11-21(2,19)20;/h6-9,14H,3-5,10-11,16H2,1-2H3,(H,17,18);1H. The van der Waals surface area contributed by atoms with Crippen molar-refractivity contribution >= 4 is 28.2 Å². The lowest BCUT2D eigenvalue weighted by molar-refractivity contribution is 0.0936. The molecule has 0 radical (unpaired) electrons. The molecular formula is C15H25ClN2O3S. The van der Waals surface area contributed by atoms with Crippen LogP contribution in [0.5, 0.6) is 0 Å². The van der Waals surface area contributed by atoms with Gasteiger partial charge in [-0.2, -0.15) is 0 Å². The lowest BCUT2D eigenvalue weighted by atomic mass is 10.1. The van der Waals surface area contributed by atoms with Gasteiger partial charge in [-0.3, -0.25) is 4.79 Å². The summed E-state index contributed by atoms with van der Waals surface area (Å²) < 4.78 is 22.4. The van der Waals surface area contributed by atoms with Crippen molar-refractivity contribution in [3.63, 3.8) is 0 Å². The molecule has 0 fully saturated rings. The van der Waals surface area contributed by atoms with Crippen LogP contribution in [-0.2, 0) is 15.6 Å². The summed E-state index contributed by atoms with van der Waals surface area (Å²) in [6.07, 6.45) is 4.14. The third-order valence-electron chi connectivity index (χ3n) is 3.17. The number of hydrogen-bond acceptors (Lipinski definition) is 4. The van der Waals surface area contributed by atoms with E-state index in [1.54, 1.807) is 24.3 Å². The molecule has 1 atom stereocenters. The molecule has 0 saturated heterocycles. The first-order valence-corrected chi connectivity index (χ1v) is 9.19. The van der Waals surface area contributed by atoms with E-state index in [0.29, 0.717) is 17.7 Å². The fourth-order valence-electron chi connectivity index (χ4n) is 2.02. The smallest absolute Gasteiger partial charge is 0.251 e. The molecule has 0 saturated carbocycles. The molecule has 0 spiro atoms. The molecule has 1 amide bonds. The summed E-state index contributed by atoms with van der Waals surface area (Å²) in [6.45, 7) is 2.51. The van der Waals surface area contributed by atoms with Crippen LogP contribution in [0.25, 0.3) is 0 Å². The molecule has 0 heterocycles. The van der Waals surface area contributed by atoms with Crippen LogP contribution in [0.2, 0.25) is 0 Å². The van der Waals surface area contributed by atoms with Gasteiger partial charge in [0.2, 0.25) is 0 Å². The van der Waals surface area contributed by atoms with Gasteiger partial charge in [0, 0.05) is 24.4 Å². The Hall–Kier alpha value is -1.11. The minimum Gasteiger partial charge on any atom is -0.348 e. The number of amides is 1. The molecule has 0 aliphatic carbocycles. The van der Waals surface area contributed by atoms with Crippen molar-refractivity contribution in [2.75, 3.05) is 12.8 Å². The van der Waals surface area contributed by atoms with E-state index in [4.69, 9.17) is 5.73 Å². The number of halogens is 1. The van der Waals surface area contributed by atoms with Gasteiger partial charge in [0.25, 0.3) is 5.91 Å². The Morgan fingerprint density at radius 2 is 1.86 bits per heavy atom. The number of nitrogens with two attached hydrogens (primary N) is 1. The van der Waals surface area contributed by atoms with Crippen LogP contribution >= 0.6 is 12.4 Å². The molecule has 0 aliphatic rings. The Labute approximate surface area is 139 Å². The highest BCUT2D eigenvalue weighted by Crippen LogP contribution is 2.09. The number of hydrogen-bond donors (Lipinski definition) is 2. The monoisotopic (exact) mass is 348 g/mol. The average molecular weight is 349 g/mol. The van der Waals surface area contributed by atoms with Crippen LogP contribution in [0.15, 0.2) is 24.3 Å². The van der Waals surface area contributed by atoms with Crippen molar-refractivity contribution in [2.24, 2.45) is 5.73 Å². The summed E-state index contributed by atoms with van der Waals surface area (Å²) in [4.78, 5) is 12.1. The first-order valence-electron chi connectivity index (χ1n) is 7.13. The summed E-state index contributed by atoms with van der Waals surface area (Å²) in [6, 6.07) is 6.60. The highest BCUT2D eigenvalue weighted by molar-refractivity contribution is 7.89. The molecule has 1 unspecified atom stereocenters. The zero-order valence-electron chi connectivity index (χ0n) is 13.0. The Morgan fingerprint density at radius 1 is 1.27 bits per heavy atom. The van der Waals surface area contributed by atoms with Crippen LogP contribution in [0.4, 0.5) is 0 Å². The van der Waals surface area contributed by atoms with Gasteiger partial charge in [-0.1, -0.05) is 31.9 Å². The van der Waals surface area contributed by atoms with Crippen molar-refractivity contribution in [3.8, 4) is 0 Å². The highest BCUT2D eigenvalue weighted by Gasteiger charge is 2.12. The van der Waals surface area contributed by atoms with Crippen molar-refractivity contribution in [3.05, 3.63) is 35.4 Å². The van der Waals surface area contributed by atoms with E-state index >= 15 is 0 Å². The van der Waals surface area contributed by atoms with E-state index in [0.717, 1.165) is 19.3 Å². The average Bonchev–Trinajstić information content (AvgIpc) is 2.42. The van der Waals surface area contributed by atoms with Crippen molar-refractivity contribution in [1.82, 2.24) is 5.32 Å². The summed E-state index contributed by atoms with van der Waals surface area (Å²) in [5.74, 6) is -0.191. The molecule has 1 rings (SSSR count).